The fourth-order valence-electron chi connectivity index (χ4n) is 1.79. The average Bonchev–Trinajstić information content (AvgIpc) is 2.83. The number of nitrogens with zero attached hydrogens (tertiary/aromatic N) is 4. The molecule has 0 aliphatic carbocycles. The number of imidazole rings is 1. The first kappa shape index (κ1) is 14.0. The third kappa shape index (κ3) is 3.33. The number of anilines is 1. The molecule has 0 aliphatic heterocycles. The number of aryl methyl sites for hydroxylation is 1. The summed E-state index contributed by atoms with van der Waals surface area (Å²) in [6.45, 7) is 3.63. The monoisotopic (exact) mass is 283 g/mol. The predicted octanol–water partition coefficient (Wildman–Crippen LogP) is 1.50. The second kappa shape index (κ2) is 6.68. The molecular weight excluding hydrogens is 266 g/mol. The summed E-state index contributed by atoms with van der Waals surface area (Å²) in [6, 6.07) is 0. The van der Waals surface area contributed by atoms with E-state index in [1.165, 1.54) is 6.33 Å². The van der Waals surface area contributed by atoms with Crippen molar-refractivity contribution in [2.75, 3.05) is 24.3 Å². The molecule has 0 aromatic carbocycles. The number of nitrogens with one attached hydrogen (secondary N) is 1. The highest BCUT2D eigenvalue weighted by molar-refractivity contribution is 6.17. The Kier molecular flexibility index (Phi) is 4.93. The maximum absolute atomic E-state index is 8.98. The van der Waals surface area contributed by atoms with Gasteiger partial charge in [-0.15, -0.1) is 11.6 Å². The summed E-state index contributed by atoms with van der Waals surface area (Å²) in [7, 11) is 0. The van der Waals surface area contributed by atoms with E-state index in [1.54, 1.807) is 6.33 Å². The molecule has 19 heavy (non-hydrogen) atoms. The minimum Gasteiger partial charge on any atom is -0.396 e. The Balaban J connectivity index is 2.10. The number of aliphatic hydroxyl groups excluding tert-OH is 1. The van der Waals surface area contributed by atoms with E-state index in [0.29, 0.717) is 12.4 Å². The second-order valence-corrected chi connectivity index (χ2v) is 4.90. The first-order chi connectivity index (χ1) is 9.26. The van der Waals surface area contributed by atoms with Crippen LogP contribution in [0.1, 0.15) is 13.3 Å². The van der Waals surface area contributed by atoms with Crippen molar-refractivity contribution >= 4 is 28.6 Å². The zero-order valence-corrected chi connectivity index (χ0v) is 11.6. The molecule has 2 rings (SSSR count). The van der Waals surface area contributed by atoms with Crippen molar-refractivity contribution in [1.29, 1.82) is 0 Å². The van der Waals surface area contributed by atoms with Gasteiger partial charge in [-0.2, -0.15) is 0 Å². The van der Waals surface area contributed by atoms with Gasteiger partial charge >= 0.3 is 0 Å². The summed E-state index contributed by atoms with van der Waals surface area (Å²) in [6.07, 6.45) is 4.13. The number of halogens is 1. The first-order valence-corrected chi connectivity index (χ1v) is 6.86. The summed E-state index contributed by atoms with van der Waals surface area (Å²) in [5, 5.41) is 12.2. The molecule has 0 bridgehead atoms. The number of aromatic nitrogens is 4. The van der Waals surface area contributed by atoms with Gasteiger partial charge in [0.1, 0.15) is 11.8 Å². The van der Waals surface area contributed by atoms with Gasteiger partial charge in [0, 0.05) is 25.6 Å². The lowest BCUT2D eigenvalue weighted by Crippen LogP contribution is -2.10. The molecule has 0 saturated heterocycles. The van der Waals surface area contributed by atoms with Crippen molar-refractivity contribution in [3.8, 4) is 0 Å². The van der Waals surface area contributed by atoms with Crippen LogP contribution in [0.3, 0.4) is 0 Å². The van der Waals surface area contributed by atoms with E-state index in [0.717, 1.165) is 29.9 Å². The SMILES string of the molecule is C[C@@H](CO)CCNc1ncnc2c1ncn2CCCl. The molecule has 2 heterocycles. The maximum Gasteiger partial charge on any atom is 0.165 e. The highest BCUT2D eigenvalue weighted by Gasteiger charge is 2.09. The minimum atomic E-state index is 0.200. The lowest BCUT2D eigenvalue weighted by atomic mass is 10.1. The molecule has 1 atom stereocenters. The third-order valence-corrected chi connectivity index (χ3v) is 3.14. The summed E-state index contributed by atoms with van der Waals surface area (Å²) in [4.78, 5) is 12.8. The maximum atomic E-state index is 8.98. The second-order valence-electron chi connectivity index (χ2n) is 4.52. The van der Waals surface area contributed by atoms with Crippen LogP contribution in [0.2, 0.25) is 0 Å². The third-order valence-electron chi connectivity index (χ3n) is 2.97. The van der Waals surface area contributed by atoms with Gasteiger partial charge in [-0.25, -0.2) is 15.0 Å². The Hall–Kier alpha value is -1.40. The molecule has 2 aromatic heterocycles. The predicted molar refractivity (Wildman–Crippen MR) is 75.4 cm³/mol. The van der Waals surface area contributed by atoms with Crippen LogP contribution in [0.25, 0.3) is 11.2 Å². The van der Waals surface area contributed by atoms with Gasteiger partial charge in [0.05, 0.1) is 6.33 Å². The molecule has 7 heteroatoms. The Morgan fingerprint density at radius 2 is 2.26 bits per heavy atom. The van der Waals surface area contributed by atoms with E-state index in [-0.39, 0.29) is 12.5 Å². The van der Waals surface area contributed by atoms with Crippen LogP contribution in [0.4, 0.5) is 5.82 Å². The summed E-state index contributed by atoms with van der Waals surface area (Å²) in [5.74, 6) is 1.52. The molecule has 0 spiro atoms. The van der Waals surface area contributed by atoms with Crippen molar-refractivity contribution < 1.29 is 5.11 Å². The van der Waals surface area contributed by atoms with Crippen molar-refractivity contribution in [3.05, 3.63) is 12.7 Å². The van der Waals surface area contributed by atoms with Gasteiger partial charge in [0.15, 0.2) is 11.5 Å². The first-order valence-electron chi connectivity index (χ1n) is 6.32. The lowest BCUT2D eigenvalue weighted by molar-refractivity contribution is 0.233. The molecule has 0 radical (unpaired) electrons. The van der Waals surface area contributed by atoms with Crippen LogP contribution in [-0.2, 0) is 6.54 Å². The average molecular weight is 284 g/mol. The smallest absolute Gasteiger partial charge is 0.165 e. The summed E-state index contributed by atoms with van der Waals surface area (Å²) < 4.78 is 1.91. The van der Waals surface area contributed by atoms with Crippen LogP contribution in [0, 0.1) is 5.92 Å². The topological polar surface area (TPSA) is 75.9 Å². The van der Waals surface area contributed by atoms with Gasteiger partial charge in [-0.3, -0.25) is 0 Å². The van der Waals surface area contributed by atoms with Crippen molar-refractivity contribution in [2.45, 2.75) is 19.9 Å². The van der Waals surface area contributed by atoms with E-state index in [1.807, 2.05) is 11.5 Å². The van der Waals surface area contributed by atoms with E-state index >= 15 is 0 Å². The Morgan fingerprint density at radius 1 is 1.42 bits per heavy atom. The Bertz CT molecular complexity index is 530. The molecule has 0 unspecified atom stereocenters. The van der Waals surface area contributed by atoms with Crippen LogP contribution in [0.15, 0.2) is 12.7 Å². The molecule has 2 aromatic rings. The fraction of sp³-hybridized carbons (Fsp3) is 0.583. The van der Waals surface area contributed by atoms with Crippen molar-refractivity contribution in [1.82, 2.24) is 19.5 Å². The number of rotatable bonds is 7. The lowest BCUT2D eigenvalue weighted by Gasteiger charge is -2.09. The zero-order valence-electron chi connectivity index (χ0n) is 10.9. The van der Waals surface area contributed by atoms with Gasteiger partial charge in [0.2, 0.25) is 0 Å². The largest absolute Gasteiger partial charge is 0.396 e. The van der Waals surface area contributed by atoms with E-state index < -0.39 is 0 Å². The molecule has 0 aliphatic rings. The highest BCUT2D eigenvalue weighted by atomic mass is 35.5. The summed E-state index contributed by atoms with van der Waals surface area (Å²) >= 11 is 5.74. The Labute approximate surface area is 116 Å². The van der Waals surface area contributed by atoms with E-state index in [9.17, 15) is 0 Å². The van der Waals surface area contributed by atoms with Crippen LogP contribution in [-0.4, -0.2) is 43.7 Å². The van der Waals surface area contributed by atoms with Crippen LogP contribution < -0.4 is 5.32 Å². The fourth-order valence-corrected chi connectivity index (χ4v) is 1.98. The highest BCUT2D eigenvalue weighted by Crippen LogP contribution is 2.17. The number of alkyl halides is 1. The number of hydrogen-bond donors (Lipinski definition) is 2. The number of fused-ring (bicyclic) bond motifs is 1. The number of aliphatic hydroxyl groups is 1. The van der Waals surface area contributed by atoms with E-state index in [2.05, 4.69) is 20.3 Å². The molecular formula is C12H18ClN5O. The standard InChI is InChI=1S/C12H18ClN5O/c1-9(6-19)2-4-14-11-10-12(16-7-15-11)18(5-3-13)8-17-10/h7-9,19H,2-6H2,1H3,(H,14,15,16)/t9-/m1/s1. The summed E-state index contributed by atoms with van der Waals surface area (Å²) in [5.41, 5.74) is 1.54. The Morgan fingerprint density at radius 3 is 3.00 bits per heavy atom. The molecule has 0 saturated carbocycles. The van der Waals surface area contributed by atoms with Gasteiger partial charge in [0.25, 0.3) is 0 Å². The zero-order chi connectivity index (χ0) is 13.7. The van der Waals surface area contributed by atoms with Crippen molar-refractivity contribution in [2.24, 2.45) is 5.92 Å². The van der Waals surface area contributed by atoms with Crippen LogP contribution in [0.5, 0.6) is 0 Å². The molecule has 0 amide bonds. The van der Waals surface area contributed by atoms with Crippen LogP contribution >= 0.6 is 11.6 Å². The molecule has 0 fully saturated rings. The van der Waals surface area contributed by atoms with Gasteiger partial charge < -0.3 is 15.0 Å². The minimum absolute atomic E-state index is 0.200. The van der Waals surface area contributed by atoms with Crippen molar-refractivity contribution in [3.63, 3.8) is 0 Å². The quantitative estimate of drug-likeness (QED) is 0.753. The van der Waals surface area contributed by atoms with Gasteiger partial charge in [-0.05, 0) is 12.3 Å². The molecule has 6 nitrogen and oxygen atoms in total. The molecule has 104 valence electrons. The van der Waals surface area contributed by atoms with E-state index in [4.69, 9.17) is 16.7 Å². The molecule has 2 N–H and O–H groups in total. The normalized spacial score (nSPS) is 12.8. The van der Waals surface area contributed by atoms with Gasteiger partial charge in [-0.1, -0.05) is 6.92 Å². The number of hydrogen-bond acceptors (Lipinski definition) is 5.